The van der Waals surface area contributed by atoms with Crippen LogP contribution in [0.1, 0.15) is 43.4 Å². The van der Waals surface area contributed by atoms with E-state index in [4.69, 9.17) is 5.11 Å². The van der Waals surface area contributed by atoms with Crippen LogP contribution in [-0.2, 0) is 22.4 Å². The molecule has 25 heavy (non-hydrogen) atoms. The smallest absolute Gasteiger partial charge is 0.307 e. The molecular weight excluding hydrogens is 314 g/mol. The number of hydrogen-bond donors (Lipinski definition) is 2. The fourth-order valence-corrected chi connectivity index (χ4v) is 2.77. The zero-order chi connectivity index (χ0) is 18.4. The van der Waals surface area contributed by atoms with Gasteiger partial charge in [0.05, 0.1) is 12.3 Å². The molecule has 2 N–H and O–H groups in total. The van der Waals surface area contributed by atoms with Crippen LogP contribution in [0.3, 0.4) is 0 Å². The van der Waals surface area contributed by atoms with Crippen molar-refractivity contribution in [3.05, 3.63) is 65.2 Å². The maximum atomic E-state index is 12.6. The third-order valence-corrected chi connectivity index (χ3v) is 4.13. The number of benzene rings is 2. The lowest BCUT2D eigenvalue weighted by atomic mass is 9.96. The van der Waals surface area contributed by atoms with Crippen LogP contribution < -0.4 is 5.32 Å². The number of aliphatic carboxylic acids is 1. The summed E-state index contributed by atoms with van der Waals surface area (Å²) in [5, 5.41) is 11.8. The molecule has 2 aromatic rings. The van der Waals surface area contributed by atoms with E-state index < -0.39 is 5.97 Å². The molecule has 0 aliphatic heterocycles. The Hall–Kier alpha value is -2.62. The molecule has 4 nitrogen and oxygen atoms in total. The normalized spacial score (nSPS) is 12.0. The Balaban J connectivity index is 2.09. The zero-order valence-corrected chi connectivity index (χ0v) is 15.0. The van der Waals surface area contributed by atoms with Gasteiger partial charge < -0.3 is 10.4 Å². The van der Waals surface area contributed by atoms with Gasteiger partial charge in [0.1, 0.15) is 0 Å². The average Bonchev–Trinajstić information content (AvgIpc) is 2.55. The molecule has 0 unspecified atom stereocenters. The molecule has 0 aliphatic carbocycles. The highest BCUT2D eigenvalue weighted by Crippen LogP contribution is 2.22. The molecule has 2 rings (SSSR count). The fourth-order valence-electron chi connectivity index (χ4n) is 2.77. The molecule has 0 bridgehead atoms. The van der Waals surface area contributed by atoms with E-state index in [2.05, 4.69) is 31.3 Å². The molecule has 0 heterocycles. The quantitative estimate of drug-likeness (QED) is 0.792. The standard InChI is InChI=1S/C21H25NO3/c1-14(2)12-16-8-10-17(11-9-16)15(3)21(25)22-19-7-5-4-6-18(19)13-20(23)24/h4-11,14-15H,12-13H2,1-3H3,(H,22,25)(H,23,24)/t15-/m0/s1. The van der Waals surface area contributed by atoms with Gasteiger partial charge in [-0.25, -0.2) is 0 Å². The summed E-state index contributed by atoms with van der Waals surface area (Å²) in [4.78, 5) is 23.5. The van der Waals surface area contributed by atoms with Crippen molar-refractivity contribution in [2.45, 2.75) is 39.5 Å². The molecule has 1 atom stereocenters. The zero-order valence-electron chi connectivity index (χ0n) is 15.0. The molecule has 0 saturated heterocycles. The molecule has 132 valence electrons. The fraction of sp³-hybridized carbons (Fsp3) is 0.333. The Morgan fingerprint density at radius 2 is 1.64 bits per heavy atom. The SMILES string of the molecule is CC(C)Cc1ccc([C@H](C)C(=O)Nc2ccccc2CC(=O)O)cc1. The first-order valence-electron chi connectivity index (χ1n) is 8.56. The first-order valence-corrected chi connectivity index (χ1v) is 8.56. The summed E-state index contributed by atoms with van der Waals surface area (Å²) < 4.78 is 0. The number of hydrogen-bond acceptors (Lipinski definition) is 2. The van der Waals surface area contributed by atoms with Crippen molar-refractivity contribution in [3.63, 3.8) is 0 Å². The maximum absolute atomic E-state index is 12.6. The number of carboxylic acid groups (broad SMARTS) is 1. The van der Waals surface area contributed by atoms with Gasteiger partial charge in [0, 0.05) is 5.69 Å². The van der Waals surface area contributed by atoms with E-state index >= 15 is 0 Å². The molecule has 4 heteroatoms. The van der Waals surface area contributed by atoms with Crippen LogP contribution in [0, 0.1) is 5.92 Å². The molecule has 0 fully saturated rings. The van der Waals surface area contributed by atoms with Crippen LogP contribution >= 0.6 is 0 Å². The van der Waals surface area contributed by atoms with Crippen LogP contribution in [-0.4, -0.2) is 17.0 Å². The molecule has 0 aliphatic rings. The van der Waals surface area contributed by atoms with Crippen molar-refractivity contribution in [3.8, 4) is 0 Å². The predicted molar refractivity (Wildman–Crippen MR) is 99.8 cm³/mol. The Morgan fingerprint density at radius 3 is 2.24 bits per heavy atom. The number of carbonyl (C=O) groups excluding carboxylic acids is 1. The molecule has 0 saturated carbocycles. The molecule has 0 radical (unpaired) electrons. The summed E-state index contributed by atoms with van der Waals surface area (Å²) >= 11 is 0. The third kappa shape index (κ3) is 5.45. The Bertz CT molecular complexity index is 735. The lowest BCUT2D eigenvalue weighted by molar-refractivity contribution is -0.136. The van der Waals surface area contributed by atoms with Gasteiger partial charge >= 0.3 is 5.97 Å². The monoisotopic (exact) mass is 339 g/mol. The lowest BCUT2D eigenvalue weighted by Crippen LogP contribution is -2.20. The van der Waals surface area contributed by atoms with Gasteiger partial charge in [0.25, 0.3) is 0 Å². The van der Waals surface area contributed by atoms with Gasteiger partial charge in [-0.05, 0) is 42.0 Å². The van der Waals surface area contributed by atoms with Crippen LogP contribution in [0.15, 0.2) is 48.5 Å². The summed E-state index contributed by atoms with van der Waals surface area (Å²) in [6.45, 7) is 6.21. The van der Waals surface area contributed by atoms with Crippen molar-refractivity contribution in [2.24, 2.45) is 5.92 Å². The van der Waals surface area contributed by atoms with Gasteiger partial charge in [-0.15, -0.1) is 0 Å². The summed E-state index contributed by atoms with van der Waals surface area (Å²) in [5.74, 6) is -0.784. The van der Waals surface area contributed by atoms with Crippen LogP contribution in [0.4, 0.5) is 5.69 Å². The highest BCUT2D eigenvalue weighted by molar-refractivity contribution is 5.96. The number of anilines is 1. The minimum Gasteiger partial charge on any atom is -0.481 e. The Labute approximate surface area is 148 Å². The summed E-state index contributed by atoms with van der Waals surface area (Å²) in [6.07, 6.45) is 0.901. The number of amides is 1. The van der Waals surface area contributed by atoms with Gasteiger partial charge in [0.2, 0.25) is 5.91 Å². The average molecular weight is 339 g/mol. The first kappa shape index (κ1) is 18.7. The summed E-state index contributed by atoms with van der Waals surface area (Å²) in [7, 11) is 0. The van der Waals surface area contributed by atoms with Gasteiger partial charge in [-0.3, -0.25) is 9.59 Å². The molecule has 1 amide bonds. The van der Waals surface area contributed by atoms with E-state index in [1.54, 1.807) is 24.3 Å². The molecular formula is C21H25NO3. The summed E-state index contributed by atoms with van der Waals surface area (Å²) in [5.41, 5.74) is 3.36. The topological polar surface area (TPSA) is 66.4 Å². The van der Waals surface area contributed by atoms with Gasteiger partial charge in [-0.1, -0.05) is 56.3 Å². The van der Waals surface area contributed by atoms with Crippen LogP contribution in [0.5, 0.6) is 0 Å². The number of rotatable bonds is 7. The number of para-hydroxylation sites is 1. The van der Waals surface area contributed by atoms with Crippen molar-refractivity contribution >= 4 is 17.6 Å². The van der Waals surface area contributed by atoms with E-state index in [1.807, 2.05) is 19.1 Å². The van der Waals surface area contributed by atoms with E-state index in [1.165, 1.54) is 5.56 Å². The first-order chi connectivity index (χ1) is 11.9. The predicted octanol–water partition coefficient (Wildman–Crippen LogP) is 4.25. The minimum absolute atomic E-state index is 0.116. The summed E-state index contributed by atoms with van der Waals surface area (Å²) in [6, 6.07) is 15.1. The molecule has 2 aromatic carbocycles. The Morgan fingerprint density at radius 1 is 1.00 bits per heavy atom. The van der Waals surface area contributed by atoms with Crippen molar-refractivity contribution in [1.29, 1.82) is 0 Å². The van der Waals surface area contributed by atoms with Gasteiger partial charge in [-0.2, -0.15) is 0 Å². The van der Waals surface area contributed by atoms with Crippen molar-refractivity contribution in [1.82, 2.24) is 0 Å². The van der Waals surface area contributed by atoms with Crippen molar-refractivity contribution in [2.75, 3.05) is 5.32 Å². The molecule has 0 spiro atoms. The van der Waals surface area contributed by atoms with Gasteiger partial charge in [0.15, 0.2) is 0 Å². The van der Waals surface area contributed by atoms with E-state index in [0.717, 1.165) is 12.0 Å². The largest absolute Gasteiger partial charge is 0.481 e. The highest BCUT2D eigenvalue weighted by Gasteiger charge is 2.17. The number of carbonyl (C=O) groups is 2. The maximum Gasteiger partial charge on any atom is 0.307 e. The lowest BCUT2D eigenvalue weighted by Gasteiger charge is -2.15. The van der Waals surface area contributed by atoms with E-state index in [0.29, 0.717) is 17.2 Å². The highest BCUT2D eigenvalue weighted by atomic mass is 16.4. The van der Waals surface area contributed by atoms with E-state index in [-0.39, 0.29) is 18.2 Å². The second-order valence-electron chi connectivity index (χ2n) is 6.78. The van der Waals surface area contributed by atoms with Crippen LogP contribution in [0.2, 0.25) is 0 Å². The van der Waals surface area contributed by atoms with Crippen LogP contribution in [0.25, 0.3) is 0 Å². The second kappa shape index (κ2) is 8.47. The number of carboxylic acids is 1. The second-order valence-corrected chi connectivity index (χ2v) is 6.78. The third-order valence-electron chi connectivity index (χ3n) is 4.13. The Kier molecular flexibility index (Phi) is 6.34. The van der Waals surface area contributed by atoms with Crippen molar-refractivity contribution < 1.29 is 14.7 Å². The van der Waals surface area contributed by atoms with E-state index in [9.17, 15) is 9.59 Å². The number of nitrogens with one attached hydrogen (secondary N) is 1. The minimum atomic E-state index is -0.921. The molecule has 0 aromatic heterocycles.